The first-order valence-corrected chi connectivity index (χ1v) is 44.4. The summed E-state index contributed by atoms with van der Waals surface area (Å²) in [6.07, 6.45) is 17.7. The fourth-order valence-electron chi connectivity index (χ4n) is 14.7. The Hall–Kier alpha value is -16.2. The molecule has 0 unspecified atom stereocenters. The molecule has 27 nitrogen and oxygen atoms in total. The number of halogens is 4. The van der Waals surface area contributed by atoms with Crippen LogP contribution in [0.25, 0.3) is 157 Å². The summed E-state index contributed by atoms with van der Waals surface area (Å²) in [7, 11) is 0. The van der Waals surface area contributed by atoms with Gasteiger partial charge in [0.15, 0.2) is 22.6 Å². The van der Waals surface area contributed by atoms with Gasteiger partial charge >= 0.3 is 11.9 Å². The molecule has 13 aromatic heterocycles. The molecule has 20 rings (SSSR count). The summed E-state index contributed by atoms with van der Waals surface area (Å²) in [6, 6.07) is 83.7. The lowest BCUT2D eigenvalue weighted by Crippen LogP contribution is -2.13. The Balaban J connectivity index is 0.000000124. The lowest BCUT2D eigenvalue weighted by molar-refractivity contribution is -0.136. The van der Waals surface area contributed by atoms with Crippen LogP contribution in [0.3, 0.4) is 0 Å². The van der Waals surface area contributed by atoms with Crippen molar-refractivity contribution >= 4 is 122 Å². The molecular formula is C102H75Br4N23O4. The minimum atomic E-state index is -0.983. The smallest absolute Gasteiger partial charge is 0.335 e. The number of nitrogen functional groups attached to an aromatic ring is 4. The van der Waals surface area contributed by atoms with Crippen LogP contribution in [0.2, 0.25) is 0 Å². The van der Waals surface area contributed by atoms with Crippen molar-refractivity contribution in [2.24, 2.45) is 0 Å². The van der Waals surface area contributed by atoms with Crippen LogP contribution in [0.4, 0.5) is 23.3 Å². The third-order valence-electron chi connectivity index (χ3n) is 22.3. The highest BCUT2D eigenvalue weighted by Gasteiger charge is 2.27. The number of nitrogens with zero attached hydrogens (tertiary/aromatic N) is 19. The van der Waals surface area contributed by atoms with Crippen molar-refractivity contribution in [3.8, 4) is 147 Å². The number of benzene rings is 7. The van der Waals surface area contributed by atoms with E-state index in [0.29, 0.717) is 92.1 Å². The van der Waals surface area contributed by atoms with E-state index in [1.54, 1.807) is 98.1 Å². The largest absolute Gasteiger partial charge is 0.481 e. The normalized spacial score (nSPS) is 11.3. The van der Waals surface area contributed by atoms with Crippen LogP contribution in [0.5, 0.6) is 0 Å². The Labute approximate surface area is 794 Å². The molecule has 10 N–H and O–H groups in total. The zero-order chi connectivity index (χ0) is 92.9. The lowest BCUT2D eigenvalue weighted by atomic mass is 9.86. The number of aromatic nitrogens is 17. The van der Waals surface area contributed by atoms with E-state index in [0.717, 1.165) is 123 Å². The van der Waals surface area contributed by atoms with Crippen molar-refractivity contribution in [3.05, 3.63) is 351 Å². The second kappa shape index (κ2) is 37.9. The number of anilines is 4. The maximum atomic E-state index is 11.2. The molecule has 0 atom stereocenters. The Kier molecular flexibility index (Phi) is 25.3. The average Bonchev–Trinajstić information content (AvgIpc) is 1.62. The first-order chi connectivity index (χ1) is 64.3. The summed E-state index contributed by atoms with van der Waals surface area (Å²) in [5.74, 6) is -0.127. The van der Waals surface area contributed by atoms with Crippen LogP contribution in [0.15, 0.2) is 329 Å². The molecule has 133 heavy (non-hydrogen) atoms. The van der Waals surface area contributed by atoms with Crippen molar-refractivity contribution in [1.29, 1.82) is 10.5 Å². The van der Waals surface area contributed by atoms with Gasteiger partial charge in [0.25, 0.3) is 0 Å². The molecule has 13 heterocycles. The first kappa shape index (κ1) is 88.8. The van der Waals surface area contributed by atoms with Crippen LogP contribution in [-0.4, -0.2) is 105 Å². The fraction of sp³-hybridized carbons (Fsp3) is 0.0686. The molecule has 0 aliphatic heterocycles. The van der Waals surface area contributed by atoms with Crippen molar-refractivity contribution in [2.45, 2.75) is 44.9 Å². The molecule has 31 heteroatoms. The number of aromatic carboxylic acids is 1. The van der Waals surface area contributed by atoms with E-state index >= 15 is 0 Å². The van der Waals surface area contributed by atoms with E-state index < -0.39 is 22.8 Å². The SMILES string of the molecule is CC(C)(C#N)c1ccc(-c2nc3c(-c4ccc(-c5ccccc5)nc4)cnn3c(N)c2Br)cc1.CC(C)(C#N)c1ccc(-c2nc3c(-c4ccc(-c5cccnc5)nc4)cnn3c(N)c2Br)cc1.Nc1c(Br)c(-c2ccc(C(=O)O)cc2)nc2c(-c3ccc(-c4ccccc4)nc3)cnn12.Nc1c(Br)c(-c2ccc(CC(=O)O)cc2)nc2c(-c3ccc(-c4ccccc4)nc3)cnn12. The molecule has 0 fully saturated rings. The summed E-state index contributed by atoms with van der Waals surface area (Å²) in [6.45, 7) is 7.59. The zero-order valence-corrected chi connectivity index (χ0v) is 77.5. The van der Waals surface area contributed by atoms with Gasteiger partial charge in [0, 0.05) is 126 Å². The van der Waals surface area contributed by atoms with E-state index in [9.17, 15) is 20.1 Å². The van der Waals surface area contributed by atoms with Crippen molar-refractivity contribution in [2.75, 3.05) is 22.9 Å². The number of carbonyl (C=O) groups is 2. The third kappa shape index (κ3) is 18.4. The van der Waals surface area contributed by atoms with E-state index in [4.69, 9.17) is 53.1 Å². The van der Waals surface area contributed by atoms with Gasteiger partial charge in [-0.15, -0.1) is 0 Å². The topological polar surface area (TPSA) is 411 Å². The van der Waals surface area contributed by atoms with Crippen molar-refractivity contribution in [3.63, 3.8) is 0 Å². The lowest BCUT2D eigenvalue weighted by Gasteiger charge is -2.16. The summed E-state index contributed by atoms with van der Waals surface area (Å²) in [5.41, 5.74) is 50.0. The highest BCUT2D eigenvalue weighted by Crippen LogP contribution is 2.42. The molecular weight excluding hydrogens is 1930 g/mol. The van der Waals surface area contributed by atoms with Gasteiger partial charge in [0.1, 0.15) is 23.3 Å². The number of pyridine rings is 5. The summed E-state index contributed by atoms with van der Waals surface area (Å²) < 4.78 is 8.93. The van der Waals surface area contributed by atoms with Crippen LogP contribution < -0.4 is 22.9 Å². The number of rotatable bonds is 17. The number of hydrogen-bond acceptors (Lipinski definition) is 21. The van der Waals surface area contributed by atoms with Gasteiger partial charge in [-0.05, 0) is 157 Å². The Morgan fingerprint density at radius 2 is 0.602 bits per heavy atom. The summed E-state index contributed by atoms with van der Waals surface area (Å²) in [5, 5.41) is 54.7. The van der Waals surface area contributed by atoms with Crippen LogP contribution in [0.1, 0.15) is 54.7 Å². The van der Waals surface area contributed by atoms with Gasteiger partial charge < -0.3 is 33.1 Å². The van der Waals surface area contributed by atoms with Gasteiger partial charge in [0.2, 0.25) is 0 Å². The maximum Gasteiger partial charge on any atom is 0.335 e. The minimum Gasteiger partial charge on any atom is -0.481 e. The monoisotopic (exact) mass is 2000 g/mol. The molecule has 0 aliphatic rings. The highest BCUT2D eigenvalue weighted by molar-refractivity contribution is 9.11. The van der Waals surface area contributed by atoms with Gasteiger partial charge in [-0.25, -0.2) is 24.7 Å². The molecule has 0 saturated heterocycles. The molecule has 0 radical (unpaired) electrons. The molecule has 650 valence electrons. The summed E-state index contributed by atoms with van der Waals surface area (Å²) in [4.78, 5) is 64.2. The van der Waals surface area contributed by atoms with Crippen molar-refractivity contribution < 1.29 is 19.8 Å². The molecule has 20 aromatic rings. The Morgan fingerprint density at radius 1 is 0.331 bits per heavy atom. The number of nitriles is 2. The second-order valence-corrected chi connectivity index (χ2v) is 34.8. The molecule has 0 aliphatic carbocycles. The molecule has 0 amide bonds. The number of fused-ring (bicyclic) bond motifs is 4. The predicted octanol–water partition coefficient (Wildman–Crippen LogP) is 22.2. The average molecular weight is 2010 g/mol. The molecule has 0 bridgehead atoms. The van der Waals surface area contributed by atoms with Crippen molar-refractivity contribution in [1.82, 2.24) is 83.3 Å². The van der Waals surface area contributed by atoms with Crippen LogP contribution >= 0.6 is 63.7 Å². The maximum absolute atomic E-state index is 11.2. The summed E-state index contributed by atoms with van der Waals surface area (Å²) >= 11 is 14.2. The van der Waals surface area contributed by atoms with E-state index in [2.05, 4.69) is 121 Å². The minimum absolute atomic E-state index is 0.0329. The van der Waals surface area contributed by atoms with Crippen LogP contribution in [0, 0.1) is 22.7 Å². The van der Waals surface area contributed by atoms with Gasteiger partial charge in [-0.1, -0.05) is 200 Å². The number of nitrogens with two attached hydrogens (primary N) is 4. The van der Waals surface area contributed by atoms with E-state index in [1.807, 2.05) is 246 Å². The van der Waals surface area contributed by atoms with Gasteiger partial charge in [-0.3, -0.25) is 29.7 Å². The molecule has 7 aromatic carbocycles. The number of carboxylic acid groups (broad SMARTS) is 2. The Bertz CT molecular complexity index is 7600. The number of aliphatic carboxylic acids is 1. The van der Waals surface area contributed by atoms with E-state index in [-0.39, 0.29) is 12.0 Å². The third-order valence-corrected chi connectivity index (χ3v) is 25.4. The van der Waals surface area contributed by atoms with Gasteiger partial charge in [-0.2, -0.15) is 49.0 Å². The number of carboxylic acids is 2. The van der Waals surface area contributed by atoms with Gasteiger partial charge in [0.05, 0.1) is 123 Å². The zero-order valence-electron chi connectivity index (χ0n) is 71.2. The molecule has 0 saturated carbocycles. The predicted molar refractivity (Wildman–Crippen MR) is 530 cm³/mol. The van der Waals surface area contributed by atoms with Crippen LogP contribution in [-0.2, 0) is 22.0 Å². The standard InChI is InChI=1S/C27H21BrN6.C26H20BrN7.C25H18BrN5O2.C24H16BrN5O2/c1-27(2,16-29)20-11-8-18(9-12-20)24-23(28)25(30)34-26(33-24)21(15-32-34)19-10-13-22(31-14-19)17-6-4-3-5-7-17;1-26(2,15-28)19-8-5-16(6-9-19)23-22(27)24(29)34-25(33-23)20(14-32-34)17-7-10-21(31-13-17)18-4-3-11-30-12-18;26-22-23(17-8-6-15(7-9-17)12-21(32)33)30-25-19(14-29-31(25)24(22)27)18-10-11-20(28-13-18)16-4-2-1-3-5-16;25-20-21(15-6-8-16(9-7-15)24(31)32)29-23-18(13-28-30(23)22(20)26)17-10-11-19(27-12-17)14-4-2-1-3-5-14/h3-15H,30H2,1-2H3;3-14H,29H2,1-2H3;1-11,13-14H,12,27H2,(H,32,33);1-13H,26H2,(H,31,32). The Morgan fingerprint density at radius 3 is 0.857 bits per heavy atom. The fourth-order valence-corrected chi connectivity index (χ4v) is 16.7. The highest BCUT2D eigenvalue weighted by atomic mass is 79.9. The van der Waals surface area contributed by atoms with E-state index in [1.165, 1.54) is 12.1 Å². The molecule has 0 spiro atoms. The first-order valence-electron chi connectivity index (χ1n) is 41.2. The second-order valence-electron chi connectivity index (χ2n) is 31.7. The quantitative estimate of drug-likeness (QED) is 0.0493. The number of hydrogen-bond donors (Lipinski definition) is 6.